The summed E-state index contributed by atoms with van der Waals surface area (Å²) in [4.78, 5) is 43.8. The van der Waals surface area contributed by atoms with Crippen LogP contribution < -0.4 is 0 Å². The van der Waals surface area contributed by atoms with Crippen LogP contribution >= 0.6 is 0 Å². The zero-order chi connectivity index (χ0) is 49.6. The minimum atomic E-state index is -2.92. The Kier molecular flexibility index (Phi) is 43.9. The summed E-state index contributed by atoms with van der Waals surface area (Å²) in [6, 6.07) is 0. The van der Waals surface area contributed by atoms with E-state index in [1.54, 1.807) is 0 Å². The molecule has 1 fully saturated rings. The Labute approximate surface area is 421 Å². The van der Waals surface area contributed by atoms with Crippen LogP contribution in [0.15, 0.2) is 0 Å². The van der Waals surface area contributed by atoms with Gasteiger partial charge < -0.3 is 19.3 Å². The van der Waals surface area contributed by atoms with Crippen LogP contribution in [-0.4, -0.2) is 92.5 Å². The molecule has 0 aliphatic carbocycles. The predicted molar refractivity (Wildman–Crippen MR) is 288 cm³/mol. The Morgan fingerprint density at radius 1 is 0.412 bits per heavy atom. The highest BCUT2D eigenvalue weighted by atomic mass is 32.2. The van der Waals surface area contributed by atoms with E-state index >= 15 is 0 Å². The third-order valence-electron chi connectivity index (χ3n) is 14.4. The van der Waals surface area contributed by atoms with Crippen molar-refractivity contribution in [1.29, 1.82) is 0 Å². The van der Waals surface area contributed by atoms with Crippen molar-refractivity contribution >= 4 is 27.7 Å². The molecule has 1 heterocycles. The van der Waals surface area contributed by atoms with E-state index in [4.69, 9.17) is 9.47 Å². The fraction of sp³-hybridized carbons (Fsp3) is 0.948. The molecule has 10 heteroatoms. The highest BCUT2D eigenvalue weighted by Gasteiger charge is 2.22. The lowest BCUT2D eigenvalue weighted by atomic mass is 10.0. The standard InChI is InChI=1S/C58H112N2O7S/c1-5-9-13-17-21-26-33-42-54(40-31-24-19-15-11-7-3)66-57(62)45-35-28-23-29-37-48-60(56(61)44-39-47-59-50-52-68(64,65)53-51-59)49-38-30-36-46-58(63)67-55(41-32-25-20-16-12-8-4)43-34-27-22-18-14-10-6-2/h54-55H,5-53H2,1-4H3. The smallest absolute Gasteiger partial charge is 0.306 e. The molecule has 1 amide bonds. The van der Waals surface area contributed by atoms with Crippen molar-refractivity contribution in [2.75, 3.05) is 44.2 Å². The Morgan fingerprint density at radius 2 is 0.721 bits per heavy atom. The van der Waals surface area contributed by atoms with Crippen LogP contribution in [0.5, 0.6) is 0 Å². The van der Waals surface area contributed by atoms with Gasteiger partial charge in [-0.2, -0.15) is 0 Å². The van der Waals surface area contributed by atoms with Gasteiger partial charge in [-0.15, -0.1) is 0 Å². The SMILES string of the molecule is CCCCCCCCCC(CCCCCCCC)OC(=O)CCCCCCCN(CCCCCC(=O)OC(CCCCCCCC)CCCCCCCCC)C(=O)CCCN1CCS(=O)(=O)CC1. The zero-order valence-electron chi connectivity index (χ0n) is 45.5. The second-order valence-corrected chi connectivity index (χ2v) is 23.3. The molecule has 9 nitrogen and oxygen atoms in total. The summed E-state index contributed by atoms with van der Waals surface area (Å²) in [6.45, 7) is 12.3. The van der Waals surface area contributed by atoms with E-state index in [1.165, 1.54) is 141 Å². The minimum Gasteiger partial charge on any atom is -0.462 e. The molecule has 1 aliphatic heterocycles. The van der Waals surface area contributed by atoms with Gasteiger partial charge in [-0.1, -0.05) is 195 Å². The summed E-state index contributed by atoms with van der Waals surface area (Å²) >= 11 is 0. The summed E-state index contributed by atoms with van der Waals surface area (Å²) in [7, 11) is -2.92. The van der Waals surface area contributed by atoms with Crippen molar-refractivity contribution in [1.82, 2.24) is 9.80 Å². The van der Waals surface area contributed by atoms with Gasteiger partial charge in [0.1, 0.15) is 12.2 Å². The number of hydrogen-bond donors (Lipinski definition) is 0. The van der Waals surface area contributed by atoms with E-state index in [2.05, 4.69) is 32.6 Å². The number of sulfone groups is 1. The lowest BCUT2D eigenvalue weighted by Gasteiger charge is -2.27. The zero-order valence-corrected chi connectivity index (χ0v) is 46.3. The van der Waals surface area contributed by atoms with Crippen molar-refractivity contribution in [2.24, 2.45) is 0 Å². The van der Waals surface area contributed by atoms with Crippen LogP contribution in [0.3, 0.4) is 0 Å². The average molecular weight is 982 g/mol. The second-order valence-electron chi connectivity index (χ2n) is 21.0. The van der Waals surface area contributed by atoms with Gasteiger partial charge in [-0.05, 0) is 90.0 Å². The van der Waals surface area contributed by atoms with E-state index in [9.17, 15) is 22.8 Å². The summed E-state index contributed by atoms with van der Waals surface area (Å²) in [5, 5.41) is 0. The molecule has 0 N–H and O–H groups in total. The van der Waals surface area contributed by atoms with Gasteiger partial charge in [-0.25, -0.2) is 8.42 Å². The van der Waals surface area contributed by atoms with Gasteiger partial charge in [0.05, 0.1) is 11.5 Å². The van der Waals surface area contributed by atoms with Gasteiger partial charge >= 0.3 is 11.9 Å². The molecule has 0 radical (unpaired) electrons. The maximum absolute atomic E-state index is 13.6. The third-order valence-corrected chi connectivity index (χ3v) is 16.0. The van der Waals surface area contributed by atoms with Gasteiger partial charge in [0.2, 0.25) is 5.91 Å². The Morgan fingerprint density at radius 3 is 1.09 bits per heavy atom. The molecule has 68 heavy (non-hydrogen) atoms. The fourth-order valence-electron chi connectivity index (χ4n) is 9.78. The number of unbranched alkanes of at least 4 members (excludes halogenated alkanes) is 28. The first-order chi connectivity index (χ1) is 33.1. The van der Waals surface area contributed by atoms with E-state index in [0.29, 0.717) is 38.9 Å². The number of amides is 1. The Bertz CT molecular complexity index is 1260. The first-order valence-electron chi connectivity index (χ1n) is 29.7. The quantitative estimate of drug-likeness (QED) is 0.0438. The fourth-order valence-corrected chi connectivity index (χ4v) is 11.1. The van der Waals surface area contributed by atoms with Gasteiger partial charge in [-0.3, -0.25) is 14.4 Å². The first-order valence-corrected chi connectivity index (χ1v) is 31.6. The number of rotatable bonds is 50. The van der Waals surface area contributed by atoms with Crippen LogP contribution in [0.25, 0.3) is 0 Å². The van der Waals surface area contributed by atoms with Crippen LogP contribution in [0, 0.1) is 0 Å². The normalized spacial score (nSPS) is 14.8. The number of esters is 2. The molecule has 0 aromatic carbocycles. The number of carbonyl (C=O) groups excluding carboxylic acids is 3. The Balaban J connectivity index is 2.57. The maximum atomic E-state index is 13.6. The first kappa shape index (κ1) is 64.3. The van der Waals surface area contributed by atoms with Crippen LogP contribution in [-0.2, 0) is 33.7 Å². The molecule has 2 unspecified atom stereocenters. The van der Waals surface area contributed by atoms with Crippen LogP contribution in [0.2, 0.25) is 0 Å². The summed E-state index contributed by atoms with van der Waals surface area (Å²) in [5.41, 5.74) is 0. The van der Waals surface area contributed by atoms with E-state index < -0.39 is 9.84 Å². The minimum absolute atomic E-state index is 0.0309. The second kappa shape index (κ2) is 46.4. The number of ether oxygens (including phenoxy) is 2. The number of hydrogen-bond acceptors (Lipinski definition) is 8. The van der Waals surface area contributed by atoms with Crippen molar-refractivity contribution in [3.63, 3.8) is 0 Å². The highest BCUT2D eigenvalue weighted by molar-refractivity contribution is 7.91. The van der Waals surface area contributed by atoms with Crippen molar-refractivity contribution < 1.29 is 32.3 Å². The monoisotopic (exact) mass is 981 g/mol. The Hall–Kier alpha value is -1.68. The van der Waals surface area contributed by atoms with E-state index in [0.717, 1.165) is 122 Å². The van der Waals surface area contributed by atoms with Crippen LogP contribution in [0.1, 0.15) is 297 Å². The summed E-state index contributed by atoms with van der Waals surface area (Å²) in [5.74, 6) is 0.495. The molecule has 0 aromatic rings. The summed E-state index contributed by atoms with van der Waals surface area (Å²) < 4.78 is 36.0. The molecule has 1 aliphatic rings. The molecule has 0 aromatic heterocycles. The molecule has 0 bridgehead atoms. The van der Waals surface area contributed by atoms with Gasteiger partial charge in [0.25, 0.3) is 0 Å². The van der Waals surface area contributed by atoms with Crippen LogP contribution in [0.4, 0.5) is 0 Å². The molecular formula is C58H112N2O7S. The maximum Gasteiger partial charge on any atom is 0.306 e. The lowest BCUT2D eigenvalue weighted by Crippen LogP contribution is -2.41. The molecular weight excluding hydrogens is 869 g/mol. The topological polar surface area (TPSA) is 110 Å². The van der Waals surface area contributed by atoms with Crippen molar-refractivity contribution in [2.45, 2.75) is 310 Å². The average Bonchev–Trinajstić information content (AvgIpc) is 3.32. The predicted octanol–water partition coefficient (Wildman–Crippen LogP) is 15.8. The molecule has 2 atom stereocenters. The molecule has 1 rings (SSSR count). The third kappa shape index (κ3) is 40.0. The van der Waals surface area contributed by atoms with Gasteiger partial charge in [0, 0.05) is 45.4 Å². The molecule has 1 saturated heterocycles. The largest absolute Gasteiger partial charge is 0.462 e. The molecule has 0 spiro atoms. The van der Waals surface area contributed by atoms with E-state index in [-0.39, 0.29) is 41.6 Å². The van der Waals surface area contributed by atoms with Crippen molar-refractivity contribution in [3.8, 4) is 0 Å². The highest BCUT2D eigenvalue weighted by Crippen LogP contribution is 2.21. The molecule has 402 valence electrons. The molecule has 0 saturated carbocycles. The summed E-state index contributed by atoms with van der Waals surface area (Å²) in [6.07, 6.45) is 46.4. The van der Waals surface area contributed by atoms with Crippen molar-refractivity contribution in [3.05, 3.63) is 0 Å². The number of carbonyl (C=O) groups is 3. The number of nitrogens with zero attached hydrogens (tertiary/aromatic N) is 2. The van der Waals surface area contributed by atoms with Gasteiger partial charge in [0.15, 0.2) is 9.84 Å². The van der Waals surface area contributed by atoms with E-state index in [1.807, 2.05) is 4.90 Å². The lowest BCUT2D eigenvalue weighted by molar-refractivity contribution is -0.151.